The minimum atomic E-state index is -0.495. The molecular formula is C22H22N4O2. The molecule has 2 N–H and O–H groups in total. The maximum atomic E-state index is 12.8. The summed E-state index contributed by atoms with van der Waals surface area (Å²) >= 11 is 0. The van der Waals surface area contributed by atoms with Crippen LogP contribution in [0.2, 0.25) is 0 Å². The highest BCUT2D eigenvalue weighted by Crippen LogP contribution is 2.33. The van der Waals surface area contributed by atoms with Crippen LogP contribution in [0.3, 0.4) is 0 Å². The zero-order chi connectivity index (χ0) is 20.0. The highest BCUT2D eigenvalue weighted by molar-refractivity contribution is 6.09. The third-order valence-electron chi connectivity index (χ3n) is 4.64. The number of rotatable bonds is 3. The Morgan fingerprint density at radius 2 is 1.75 bits per heavy atom. The average molecular weight is 374 g/mol. The van der Waals surface area contributed by atoms with Crippen molar-refractivity contribution in [2.24, 2.45) is 0 Å². The first-order valence-electron chi connectivity index (χ1n) is 9.22. The molecule has 0 saturated heterocycles. The van der Waals surface area contributed by atoms with Crippen molar-refractivity contribution in [3.8, 4) is 5.69 Å². The second-order valence-electron chi connectivity index (χ2n) is 7.22. The summed E-state index contributed by atoms with van der Waals surface area (Å²) in [6.45, 7) is 7.65. The van der Waals surface area contributed by atoms with E-state index in [1.807, 2.05) is 50.2 Å². The summed E-state index contributed by atoms with van der Waals surface area (Å²) in [5.74, 6) is -0.214. The van der Waals surface area contributed by atoms with Crippen LogP contribution in [-0.2, 0) is 4.74 Å². The van der Waals surface area contributed by atoms with Gasteiger partial charge in [-0.2, -0.15) is 0 Å². The number of nitrogens with zero attached hydrogens (tertiary/aromatic N) is 3. The van der Waals surface area contributed by atoms with Crippen molar-refractivity contribution in [2.45, 2.75) is 33.8 Å². The number of anilines is 1. The van der Waals surface area contributed by atoms with Crippen LogP contribution in [0.1, 0.15) is 35.3 Å². The van der Waals surface area contributed by atoms with E-state index < -0.39 is 5.97 Å². The molecule has 0 aliphatic heterocycles. The zero-order valence-electron chi connectivity index (χ0n) is 16.4. The smallest absolute Gasteiger partial charge is 0.344 e. The molecule has 6 heteroatoms. The van der Waals surface area contributed by atoms with Crippen LogP contribution in [0.25, 0.3) is 27.9 Å². The first-order chi connectivity index (χ1) is 13.4. The van der Waals surface area contributed by atoms with Gasteiger partial charge < -0.3 is 10.5 Å². The topological polar surface area (TPSA) is 83.0 Å². The summed E-state index contributed by atoms with van der Waals surface area (Å²) < 4.78 is 7.23. The van der Waals surface area contributed by atoms with Crippen LogP contribution in [-0.4, -0.2) is 26.6 Å². The summed E-state index contributed by atoms with van der Waals surface area (Å²) in [5.41, 5.74) is 12.2. The highest BCUT2D eigenvalue weighted by Gasteiger charge is 2.26. The molecule has 0 fully saturated rings. The minimum absolute atomic E-state index is 0.252. The Morgan fingerprint density at radius 1 is 1.07 bits per heavy atom. The van der Waals surface area contributed by atoms with Gasteiger partial charge >= 0.3 is 5.97 Å². The van der Waals surface area contributed by atoms with Gasteiger partial charge in [-0.3, -0.25) is 4.57 Å². The molecule has 4 aromatic rings. The van der Waals surface area contributed by atoms with Crippen molar-refractivity contribution in [2.75, 3.05) is 5.73 Å². The predicted octanol–water partition coefficient (Wildman–Crippen LogP) is 4.34. The molecule has 2 heterocycles. The molecule has 28 heavy (non-hydrogen) atoms. The second kappa shape index (κ2) is 6.64. The summed E-state index contributed by atoms with van der Waals surface area (Å²) in [6, 6.07) is 13.6. The number of nitrogen functional groups attached to an aromatic ring is 1. The molecule has 0 aliphatic rings. The van der Waals surface area contributed by atoms with Crippen LogP contribution in [0.4, 0.5) is 5.82 Å². The molecule has 0 radical (unpaired) electrons. The molecule has 6 nitrogen and oxygen atoms in total. The van der Waals surface area contributed by atoms with Gasteiger partial charge in [-0.1, -0.05) is 29.8 Å². The van der Waals surface area contributed by atoms with E-state index >= 15 is 0 Å². The summed E-state index contributed by atoms with van der Waals surface area (Å²) in [5, 5.41) is 0. The second-order valence-corrected chi connectivity index (χ2v) is 7.22. The number of carbonyl (C=O) groups excluding carboxylic acids is 1. The molecule has 0 unspecified atom stereocenters. The van der Waals surface area contributed by atoms with E-state index in [0.29, 0.717) is 16.7 Å². The Balaban J connectivity index is 2.10. The van der Waals surface area contributed by atoms with E-state index in [1.165, 1.54) is 0 Å². The van der Waals surface area contributed by atoms with E-state index in [9.17, 15) is 4.79 Å². The monoisotopic (exact) mass is 374 g/mol. The number of carbonyl (C=O) groups is 1. The van der Waals surface area contributed by atoms with E-state index in [-0.39, 0.29) is 17.5 Å². The SMILES string of the molecule is Cc1ccc(-n2c(N)c(C(=O)OC(C)C)c3nc4ccccc4nc32)c(C)c1. The number of para-hydroxylation sites is 2. The van der Waals surface area contributed by atoms with Crippen LogP contribution < -0.4 is 5.73 Å². The van der Waals surface area contributed by atoms with Crippen molar-refractivity contribution in [1.82, 2.24) is 14.5 Å². The largest absolute Gasteiger partial charge is 0.459 e. The number of esters is 1. The molecule has 0 atom stereocenters. The van der Waals surface area contributed by atoms with Gasteiger partial charge in [0.15, 0.2) is 5.65 Å². The van der Waals surface area contributed by atoms with Gasteiger partial charge in [0, 0.05) is 0 Å². The molecule has 2 aromatic heterocycles. The van der Waals surface area contributed by atoms with Crippen molar-refractivity contribution >= 4 is 34.0 Å². The van der Waals surface area contributed by atoms with Crippen LogP contribution in [0.5, 0.6) is 0 Å². The van der Waals surface area contributed by atoms with Crippen LogP contribution >= 0.6 is 0 Å². The summed E-state index contributed by atoms with van der Waals surface area (Å²) in [7, 11) is 0. The number of hydrogen-bond donors (Lipinski definition) is 1. The Hall–Kier alpha value is -3.41. The molecule has 0 saturated carbocycles. The van der Waals surface area contributed by atoms with Gasteiger partial charge in [-0.05, 0) is 51.5 Å². The minimum Gasteiger partial charge on any atom is -0.459 e. The first kappa shape index (κ1) is 18.0. The maximum Gasteiger partial charge on any atom is 0.344 e. The number of ether oxygens (including phenoxy) is 1. The molecule has 2 aromatic carbocycles. The fourth-order valence-electron chi connectivity index (χ4n) is 3.44. The molecule has 0 bridgehead atoms. The molecule has 0 aliphatic carbocycles. The van der Waals surface area contributed by atoms with Crippen molar-refractivity contribution in [1.29, 1.82) is 0 Å². The number of benzene rings is 2. The summed E-state index contributed by atoms with van der Waals surface area (Å²) in [4.78, 5) is 22.3. The number of hydrogen-bond acceptors (Lipinski definition) is 5. The Kier molecular flexibility index (Phi) is 4.26. The Bertz CT molecular complexity index is 1220. The van der Waals surface area contributed by atoms with E-state index in [1.54, 1.807) is 18.4 Å². The third-order valence-corrected chi connectivity index (χ3v) is 4.64. The van der Waals surface area contributed by atoms with E-state index in [4.69, 9.17) is 20.4 Å². The third kappa shape index (κ3) is 2.87. The fourth-order valence-corrected chi connectivity index (χ4v) is 3.44. The van der Waals surface area contributed by atoms with Gasteiger partial charge in [0.2, 0.25) is 0 Å². The standard InChI is InChI=1S/C22H22N4O2/c1-12(2)28-22(27)18-19-21(25-16-8-6-5-7-15(16)24-19)26(20(18)23)17-10-9-13(3)11-14(17)4/h5-12H,23H2,1-4H3. The first-order valence-corrected chi connectivity index (χ1v) is 9.22. The van der Waals surface area contributed by atoms with Gasteiger partial charge in [0.1, 0.15) is 16.9 Å². The quantitative estimate of drug-likeness (QED) is 0.539. The molecule has 142 valence electrons. The number of fused-ring (bicyclic) bond motifs is 2. The van der Waals surface area contributed by atoms with Crippen molar-refractivity contribution < 1.29 is 9.53 Å². The van der Waals surface area contributed by atoms with Gasteiger partial charge in [0.05, 0.1) is 22.8 Å². The van der Waals surface area contributed by atoms with Crippen LogP contribution in [0, 0.1) is 13.8 Å². The van der Waals surface area contributed by atoms with Gasteiger partial charge in [-0.25, -0.2) is 14.8 Å². The van der Waals surface area contributed by atoms with Gasteiger partial charge in [-0.15, -0.1) is 0 Å². The normalized spacial score (nSPS) is 11.5. The molecular weight excluding hydrogens is 352 g/mol. The van der Waals surface area contributed by atoms with Crippen LogP contribution in [0.15, 0.2) is 42.5 Å². The lowest BCUT2D eigenvalue weighted by Crippen LogP contribution is -2.14. The zero-order valence-corrected chi connectivity index (χ0v) is 16.4. The Labute approximate surface area is 163 Å². The highest BCUT2D eigenvalue weighted by atomic mass is 16.5. The van der Waals surface area contributed by atoms with E-state index in [0.717, 1.165) is 22.3 Å². The molecule has 0 amide bonds. The lowest BCUT2D eigenvalue weighted by Gasteiger charge is -2.12. The lowest BCUT2D eigenvalue weighted by molar-refractivity contribution is 0.0381. The fraction of sp³-hybridized carbons (Fsp3) is 0.227. The predicted molar refractivity (Wildman–Crippen MR) is 111 cm³/mol. The summed E-state index contributed by atoms with van der Waals surface area (Å²) in [6.07, 6.45) is -0.264. The molecule has 4 rings (SSSR count). The number of nitrogens with two attached hydrogens (primary N) is 1. The maximum absolute atomic E-state index is 12.8. The van der Waals surface area contributed by atoms with Crippen molar-refractivity contribution in [3.63, 3.8) is 0 Å². The number of aryl methyl sites for hydroxylation is 2. The average Bonchev–Trinajstić information content (AvgIpc) is 2.90. The van der Waals surface area contributed by atoms with E-state index in [2.05, 4.69) is 6.07 Å². The lowest BCUT2D eigenvalue weighted by atomic mass is 10.1. The van der Waals surface area contributed by atoms with Gasteiger partial charge in [0.25, 0.3) is 0 Å². The molecule has 0 spiro atoms. The Morgan fingerprint density at radius 3 is 2.39 bits per heavy atom. The number of aromatic nitrogens is 3. The van der Waals surface area contributed by atoms with Crippen molar-refractivity contribution in [3.05, 3.63) is 59.2 Å².